The lowest BCUT2D eigenvalue weighted by atomic mass is 10.1. The molecule has 1 aromatic heterocycles. The fourth-order valence-corrected chi connectivity index (χ4v) is 3.30. The highest BCUT2D eigenvalue weighted by molar-refractivity contribution is 7.81. The number of aliphatic hydroxyl groups excluding tert-OH is 1. The lowest BCUT2D eigenvalue weighted by molar-refractivity contribution is 0.159. The Kier molecular flexibility index (Phi) is 6.47. The van der Waals surface area contributed by atoms with Gasteiger partial charge in [0.05, 0.1) is 16.7 Å². The minimum Gasteiger partial charge on any atom is -0.418 e. The maximum Gasteiger partial charge on any atom is 0.446 e. The molecule has 0 aliphatic carbocycles. The monoisotopic (exact) mass is 464 g/mol. The summed E-state index contributed by atoms with van der Waals surface area (Å²) in [4.78, 5) is 0. The van der Waals surface area contributed by atoms with Crippen molar-refractivity contribution in [1.29, 1.82) is 5.26 Å². The Morgan fingerprint density at radius 1 is 1.23 bits per heavy atom. The van der Waals surface area contributed by atoms with Crippen molar-refractivity contribution in [2.45, 2.75) is 26.0 Å². The summed E-state index contributed by atoms with van der Waals surface area (Å²) in [6, 6.07) is 10.0. The third-order valence-electron chi connectivity index (χ3n) is 4.31. The number of benzene rings is 2. The van der Waals surface area contributed by atoms with Gasteiger partial charge < -0.3 is 19.0 Å². The Morgan fingerprint density at radius 2 is 1.90 bits per heavy atom. The largest absolute Gasteiger partial charge is 0.446 e. The second kappa shape index (κ2) is 8.91. The molecular formula is C19H17ClN4O6S. The summed E-state index contributed by atoms with van der Waals surface area (Å²) in [6.07, 6.45) is -0.923. The predicted octanol–water partition coefficient (Wildman–Crippen LogP) is 3.29. The zero-order chi connectivity index (χ0) is 22.8. The molecule has 31 heavy (non-hydrogen) atoms. The maximum atomic E-state index is 10.8. The zero-order valence-corrected chi connectivity index (χ0v) is 17.8. The van der Waals surface area contributed by atoms with E-state index in [0.717, 1.165) is 0 Å². The van der Waals surface area contributed by atoms with Crippen LogP contribution in [0.3, 0.4) is 0 Å². The third-order valence-corrected chi connectivity index (χ3v) is 5.20. The van der Waals surface area contributed by atoms with Crippen LogP contribution in [-0.2, 0) is 10.4 Å². The lowest BCUT2D eigenvalue weighted by Crippen LogP contribution is -2.23. The number of nitriles is 1. The van der Waals surface area contributed by atoms with E-state index >= 15 is 0 Å². The van der Waals surface area contributed by atoms with Gasteiger partial charge >= 0.3 is 10.4 Å². The van der Waals surface area contributed by atoms with Gasteiger partial charge in [-0.3, -0.25) is 4.55 Å². The van der Waals surface area contributed by atoms with E-state index in [1.165, 1.54) is 24.3 Å². The Morgan fingerprint density at radius 3 is 2.48 bits per heavy atom. The molecule has 1 heterocycles. The first-order chi connectivity index (χ1) is 14.6. The molecule has 12 heteroatoms. The van der Waals surface area contributed by atoms with Crippen LogP contribution in [0.1, 0.15) is 30.0 Å². The van der Waals surface area contributed by atoms with Crippen molar-refractivity contribution in [2.75, 3.05) is 5.32 Å². The predicted molar refractivity (Wildman–Crippen MR) is 111 cm³/mol. The first-order valence-corrected chi connectivity index (χ1v) is 10.6. The molecule has 0 fully saturated rings. The molecule has 0 bridgehead atoms. The number of nitrogens with zero attached hydrogens (tertiary/aromatic N) is 3. The molecule has 0 aliphatic heterocycles. The van der Waals surface area contributed by atoms with Gasteiger partial charge in [-0.05, 0) is 55.8 Å². The molecule has 10 nitrogen and oxygen atoms in total. The fraction of sp³-hybridized carbons (Fsp3) is 0.211. The van der Waals surface area contributed by atoms with Crippen molar-refractivity contribution < 1.29 is 26.7 Å². The van der Waals surface area contributed by atoms with Gasteiger partial charge in [-0.1, -0.05) is 11.6 Å². The Labute approximate surface area is 183 Å². The first kappa shape index (κ1) is 22.5. The van der Waals surface area contributed by atoms with E-state index in [-0.39, 0.29) is 17.5 Å². The van der Waals surface area contributed by atoms with Crippen LogP contribution in [0.4, 0.5) is 5.69 Å². The van der Waals surface area contributed by atoms with Gasteiger partial charge in [0, 0.05) is 11.3 Å². The van der Waals surface area contributed by atoms with Crippen molar-refractivity contribution >= 4 is 27.7 Å². The van der Waals surface area contributed by atoms with E-state index in [1.807, 2.05) is 6.07 Å². The van der Waals surface area contributed by atoms with E-state index in [0.29, 0.717) is 27.4 Å². The number of hydrogen-bond acceptors (Lipinski definition) is 9. The summed E-state index contributed by atoms with van der Waals surface area (Å²) in [6.45, 7) is 3.28. The summed E-state index contributed by atoms with van der Waals surface area (Å²) < 4.78 is 40.3. The van der Waals surface area contributed by atoms with Gasteiger partial charge in [0.1, 0.15) is 17.9 Å². The molecule has 2 atom stereocenters. The van der Waals surface area contributed by atoms with E-state index < -0.39 is 22.5 Å². The SMILES string of the molecule is Cc1c(N[C@@H](c2nnc(-c3ccc(OS(=O)(=O)O)cc3)o2)[C@H](C)O)ccc(C#N)c1Cl. The number of nitrogens with one attached hydrogen (secondary N) is 1. The Bertz CT molecular complexity index is 1240. The summed E-state index contributed by atoms with van der Waals surface area (Å²) in [5.74, 6) is 0.126. The normalized spacial score (nSPS) is 13.3. The van der Waals surface area contributed by atoms with Crippen LogP contribution in [0.2, 0.25) is 5.02 Å². The number of halogens is 1. The van der Waals surface area contributed by atoms with Crippen LogP contribution < -0.4 is 9.50 Å². The molecule has 0 aliphatic rings. The zero-order valence-electron chi connectivity index (χ0n) is 16.3. The highest BCUT2D eigenvalue weighted by atomic mass is 35.5. The van der Waals surface area contributed by atoms with Crippen LogP contribution in [0.25, 0.3) is 11.5 Å². The molecule has 3 aromatic rings. The molecule has 0 unspecified atom stereocenters. The first-order valence-electron chi connectivity index (χ1n) is 8.83. The minimum atomic E-state index is -4.63. The van der Waals surface area contributed by atoms with Crippen LogP contribution in [0, 0.1) is 18.3 Å². The minimum absolute atomic E-state index is 0.0947. The van der Waals surface area contributed by atoms with E-state index in [2.05, 4.69) is 19.7 Å². The highest BCUT2D eigenvalue weighted by Crippen LogP contribution is 2.31. The molecule has 0 saturated heterocycles. The molecule has 2 aromatic carbocycles. The highest BCUT2D eigenvalue weighted by Gasteiger charge is 2.25. The van der Waals surface area contributed by atoms with E-state index in [1.54, 1.807) is 26.0 Å². The topological polar surface area (TPSA) is 159 Å². The number of hydrogen-bond donors (Lipinski definition) is 3. The van der Waals surface area contributed by atoms with Crippen molar-refractivity contribution in [1.82, 2.24) is 10.2 Å². The molecule has 3 N–H and O–H groups in total. The molecule has 3 rings (SSSR count). The fourth-order valence-electron chi connectivity index (χ4n) is 2.74. The summed E-state index contributed by atoms with van der Waals surface area (Å²) in [5.41, 5.74) is 2.00. The van der Waals surface area contributed by atoms with Gasteiger partial charge in [-0.15, -0.1) is 10.2 Å². The van der Waals surface area contributed by atoms with Gasteiger partial charge in [0.2, 0.25) is 11.8 Å². The standard InChI is InChI=1S/C19H17ClN4O6S/c1-10-15(8-5-13(9-21)16(10)20)22-17(11(2)25)19-24-23-18(29-19)12-3-6-14(7-4-12)30-31(26,27)28/h3-8,11,17,22,25H,1-2H3,(H,26,27,28)/t11-,17+/m0/s1. The summed E-state index contributed by atoms with van der Waals surface area (Å²) >= 11 is 6.20. The second-order valence-corrected chi connectivity index (χ2v) is 7.96. The average molecular weight is 465 g/mol. The van der Waals surface area contributed by atoms with Gasteiger partial charge in [0.15, 0.2) is 0 Å². The average Bonchev–Trinajstić information content (AvgIpc) is 3.18. The number of aliphatic hydroxyl groups is 1. The van der Waals surface area contributed by atoms with Crippen LogP contribution in [0.15, 0.2) is 40.8 Å². The van der Waals surface area contributed by atoms with Crippen molar-refractivity contribution in [3.63, 3.8) is 0 Å². The Hall–Kier alpha value is -3.17. The molecule has 0 spiro atoms. The lowest BCUT2D eigenvalue weighted by Gasteiger charge is -2.21. The maximum absolute atomic E-state index is 10.8. The smallest absolute Gasteiger partial charge is 0.418 e. The van der Waals surface area contributed by atoms with Crippen LogP contribution in [0.5, 0.6) is 5.75 Å². The third kappa shape index (κ3) is 5.31. The van der Waals surface area contributed by atoms with Crippen LogP contribution in [-0.4, -0.2) is 34.4 Å². The van der Waals surface area contributed by atoms with Crippen LogP contribution >= 0.6 is 11.6 Å². The number of aromatic nitrogens is 2. The molecule has 162 valence electrons. The number of rotatable bonds is 7. The second-order valence-electron chi connectivity index (χ2n) is 6.55. The van der Waals surface area contributed by atoms with Gasteiger partial charge in [-0.25, -0.2) is 0 Å². The van der Waals surface area contributed by atoms with Crippen molar-refractivity contribution in [2.24, 2.45) is 0 Å². The molecule has 0 radical (unpaired) electrons. The molecule has 0 saturated carbocycles. The quantitative estimate of drug-likeness (QED) is 0.443. The van der Waals surface area contributed by atoms with E-state index in [9.17, 15) is 13.5 Å². The molecule has 0 amide bonds. The summed E-state index contributed by atoms with van der Waals surface area (Å²) in [7, 11) is -4.63. The van der Waals surface area contributed by atoms with Crippen molar-refractivity contribution in [3.05, 3.63) is 58.4 Å². The van der Waals surface area contributed by atoms with Gasteiger partial charge in [-0.2, -0.15) is 13.7 Å². The van der Waals surface area contributed by atoms with Crippen molar-refractivity contribution in [3.8, 4) is 23.3 Å². The number of anilines is 1. The Balaban J connectivity index is 1.85. The molecular weight excluding hydrogens is 448 g/mol. The van der Waals surface area contributed by atoms with Gasteiger partial charge in [0.25, 0.3) is 0 Å². The summed E-state index contributed by atoms with van der Waals surface area (Å²) in [5, 5.41) is 30.7. The van der Waals surface area contributed by atoms with E-state index in [4.69, 9.17) is 25.8 Å².